The van der Waals surface area contributed by atoms with Crippen molar-refractivity contribution < 1.29 is 4.79 Å². The molecule has 2 amide bonds. The molecule has 3 rings (SSSR count). The molecule has 6 nitrogen and oxygen atoms in total. The third kappa shape index (κ3) is 4.29. The molecule has 0 saturated carbocycles. The number of rotatable bonds is 5. The van der Waals surface area contributed by atoms with Gasteiger partial charge in [0, 0.05) is 26.3 Å². The van der Waals surface area contributed by atoms with Crippen LogP contribution in [0.4, 0.5) is 10.5 Å². The second kappa shape index (κ2) is 7.70. The zero-order chi connectivity index (χ0) is 16.9. The molecule has 1 aliphatic heterocycles. The number of nitrogens with zero attached hydrogens (tertiary/aromatic N) is 4. The highest BCUT2D eigenvalue weighted by Gasteiger charge is 2.26. The van der Waals surface area contributed by atoms with Crippen LogP contribution in [-0.2, 0) is 13.5 Å². The summed E-state index contributed by atoms with van der Waals surface area (Å²) in [4.78, 5) is 18.6. The topological polar surface area (TPSA) is 63.1 Å². The summed E-state index contributed by atoms with van der Waals surface area (Å²) in [5.41, 5.74) is 1.98. The number of anilines is 1. The number of amides is 2. The van der Waals surface area contributed by atoms with E-state index in [4.69, 9.17) is 0 Å². The van der Waals surface area contributed by atoms with E-state index in [0.717, 1.165) is 42.4 Å². The predicted molar refractivity (Wildman–Crippen MR) is 96.2 cm³/mol. The number of carbonyl (C=O) groups excluding carboxylic acids is 1. The van der Waals surface area contributed by atoms with Gasteiger partial charge in [0.25, 0.3) is 0 Å². The first-order valence-electron chi connectivity index (χ1n) is 8.26. The van der Waals surface area contributed by atoms with Gasteiger partial charge in [-0.3, -0.25) is 4.68 Å². The Balaban J connectivity index is 1.50. The van der Waals surface area contributed by atoms with Crippen LogP contribution >= 0.6 is 11.8 Å². The first-order valence-corrected chi connectivity index (χ1v) is 9.25. The number of nitrogens with one attached hydrogen (secondary N) is 1. The van der Waals surface area contributed by atoms with E-state index in [1.54, 1.807) is 18.0 Å². The zero-order valence-corrected chi connectivity index (χ0v) is 14.9. The number of carbonyl (C=O) groups is 1. The first-order chi connectivity index (χ1) is 11.6. The van der Waals surface area contributed by atoms with Gasteiger partial charge in [-0.05, 0) is 42.2 Å². The summed E-state index contributed by atoms with van der Waals surface area (Å²) in [6.07, 6.45) is 7.68. The summed E-state index contributed by atoms with van der Waals surface area (Å²) in [6.45, 7) is 3.68. The predicted octanol–water partition coefficient (Wildman–Crippen LogP) is 3.02. The Morgan fingerprint density at radius 2 is 2.29 bits per heavy atom. The number of aromatic nitrogens is 3. The molecule has 128 valence electrons. The lowest BCUT2D eigenvalue weighted by atomic mass is 10.0. The number of urea groups is 1. The molecule has 0 aliphatic carbocycles. The molecule has 1 unspecified atom stereocenters. The van der Waals surface area contributed by atoms with Crippen LogP contribution in [0.3, 0.4) is 0 Å². The van der Waals surface area contributed by atoms with Gasteiger partial charge < -0.3 is 10.2 Å². The van der Waals surface area contributed by atoms with E-state index in [2.05, 4.69) is 22.3 Å². The van der Waals surface area contributed by atoms with Crippen molar-refractivity contribution >= 4 is 23.5 Å². The van der Waals surface area contributed by atoms with Crippen molar-refractivity contribution in [1.82, 2.24) is 19.7 Å². The van der Waals surface area contributed by atoms with Crippen LogP contribution < -0.4 is 5.32 Å². The van der Waals surface area contributed by atoms with Crippen molar-refractivity contribution in [3.05, 3.63) is 36.3 Å². The molecular formula is C17H23N5OS. The van der Waals surface area contributed by atoms with Crippen molar-refractivity contribution in [2.24, 2.45) is 13.0 Å². The number of hydrogen-bond donors (Lipinski definition) is 1. The fourth-order valence-corrected chi connectivity index (χ4v) is 3.57. The van der Waals surface area contributed by atoms with Gasteiger partial charge >= 0.3 is 6.03 Å². The Kier molecular flexibility index (Phi) is 5.40. The van der Waals surface area contributed by atoms with Gasteiger partial charge in [-0.25, -0.2) is 9.78 Å². The summed E-state index contributed by atoms with van der Waals surface area (Å²) in [6, 6.07) is 3.81. The molecule has 1 saturated heterocycles. The molecule has 0 radical (unpaired) electrons. The van der Waals surface area contributed by atoms with Gasteiger partial charge in [-0.1, -0.05) is 6.92 Å². The fraction of sp³-hybridized carbons (Fsp3) is 0.471. The van der Waals surface area contributed by atoms with E-state index in [-0.39, 0.29) is 6.03 Å². The third-order valence-corrected chi connectivity index (χ3v) is 4.96. The van der Waals surface area contributed by atoms with Gasteiger partial charge in [0.1, 0.15) is 0 Å². The summed E-state index contributed by atoms with van der Waals surface area (Å²) in [5.74, 6) is 1.49. The van der Waals surface area contributed by atoms with Crippen molar-refractivity contribution in [3.63, 3.8) is 0 Å². The Labute approximate surface area is 146 Å². The second-order valence-electron chi connectivity index (χ2n) is 6.08. The van der Waals surface area contributed by atoms with E-state index in [1.807, 2.05) is 41.2 Å². The van der Waals surface area contributed by atoms with Crippen LogP contribution in [0.2, 0.25) is 0 Å². The molecule has 0 spiro atoms. The van der Waals surface area contributed by atoms with Crippen LogP contribution in [0.5, 0.6) is 0 Å². The number of hydrogen-bond acceptors (Lipinski definition) is 4. The molecule has 24 heavy (non-hydrogen) atoms. The smallest absolute Gasteiger partial charge is 0.321 e. The van der Waals surface area contributed by atoms with Crippen molar-refractivity contribution in [2.45, 2.75) is 24.8 Å². The van der Waals surface area contributed by atoms with E-state index in [9.17, 15) is 4.79 Å². The Bertz CT molecular complexity index is 685. The van der Waals surface area contributed by atoms with Gasteiger partial charge in [0.15, 0.2) is 0 Å². The van der Waals surface area contributed by atoms with Crippen LogP contribution in [0.1, 0.15) is 18.9 Å². The maximum atomic E-state index is 12.4. The molecule has 0 bridgehead atoms. The molecule has 3 heterocycles. The normalized spacial score (nSPS) is 17.2. The summed E-state index contributed by atoms with van der Waals surface area (Å²) < 4.78 is 1.82. The minimum Gasteiger partial charge on any atom is -0.324 e. The lowest BCUT2D eigenvalue weighted by molar-refractivity contribution is 0.221. The third-order valence-electron chi connectivity index (χ3n) is 4.14. The maximum absolute atomic E-state index is 12.4. The van der Waals surface area contributed by atoms with Crippen LogP contribution in [0, 0.1) is 5.92 Å². The molecule has 1 atom stereocenters. The van der Waals surface area contributed by atoms with Crippen molar-refractivity contribution in [2.75, 3.05) is 24.2 Å². The highest BCUT2D eigenvalue weighted by atomic mass is 32.2. The highest BCUT2D eigenvalue weighted by molar-refractivity contribution is 7.99. The average Bonchev–Trinajstić information content (AvgIpc) is 3.19. The molecule has 2 aromatic heterocycles. The number of likely N-dealkylation sites (tertiary alicyclic amines) is 1. The molecule has 1 aliphatic rings. The molecule has 1 N–H and O–H groups in total. The molecule has 1 fully saturated rings. The van der Waals surface area contributed by atoms with Crippen LogP contribution in [-0.4, -0.2) is 44.5 Å². The van der Waals surface area contributed by atoms with Gasteiger partial charge in [-0.2, -0.15) is 5.10 Å². The summed E-state index contributed by atoms with van der Waals surface area (Å²) in [5, 5.41) is 8.12. The molecule has 7 heteroatoms. The van der Waals surface area contributed by atoms with E-state index < -0.39 is 0 Å². The first kappa shape index (κ1) is 16.8. The quantitative estimate of drug-likeness (QED) is 0.846. The van der Waals surface area contributed by atoms with Crippen molar-refractivity contribution in [1.29, 1.82) is 0 Å². The van der Waals surface area contributed by atoms with Gasteiger partial charge in [0.05, 0.1) is 23.1 Å². The van der Waals surface area contributed by atoms with Gasteiger partial charge in [-0.15, -0.1) is 11.8 Å². The monoisotopic (exact) mass is 345 g/mol. The molecule has 2 aromatic rings. The van der Waals surface area contributed by atoms with Gasteiger partial charge in [0.2, 0.25) is 0 Å². The second-order valence-corrected chi connectivity index (χ2v) is 7.36. The standard InChI is InChI=1S/C17H23N5OS/c1-3-24-16-5-4-15(10-18-16)20-17(23)22-7-6-13(12-22)8-14-9-19-21(2)11-14/h4-5,9-11,13H,3,6-8,12H2,1-2H3,(H,20,23). The van der Waals surface area contributed by atoms with Crippen LogP contribution in [0.25, 0.3) is 0 Å². The van der Waals surface area contributed by atoms with Crippen LogP contribution in [0.15, 0.2) is 35.7 Å². The summed E-state index contributed by atoms with van der Waals surface area (Å²) >= 11 is 1.69. The maximum Gasteiger partial charge on any atom is 0.321 e. The minimum atomic E-state index is -0.0404. The Morgan fingerprint density at radius 1 is 1.42 bits per heavy atom. The number of thioether (sulfide) groups is 1. The SMILES string of the molecule is CCSc1ccc(NC(=O)N2CCC(Cc3cnn(C)c3)C2)cn1. The van der Waals surface area contributed by atoms with Crippen molar-refractivity contribution in [3.8, 4) is 0 Å². The number of aryl methyl sites for hydroxylation is 1. The fourth-order valence-electron chi connectivity index (χ4n) is 2.98. The lowest BCUT2D eigenvalue weighted by Gasteiger charge is -2.17. The Morgan fingerprint density at radius 3 is 2.96 bits per heavy atom. The molecular weight excluding hydrogens is 322 g/mol. The number of pyridine rings is 1. The average molecular weight is 345 g/mol. The van der Waals surface area contributed by atoms with E-state index in [0.29, 0.717) is 5.92 Å². The largest absolute Gasteiger partial charge is 0.324 e. The van der Waals surface area contributed by atoms with E-state index >= 15 is 0 Å². The Hall–Kier alpha value is -2.02. The zero-order valence-electron chi connectivity index (χ0n) is 14.1. The molecule has 0 aromatic carbocycles. The summed E-state index contributed by atoms with van der Waals surface area (Å²) in [7, 11) is 1.93. The van der Waals surface area contributed by atoms with E-state index in [1.165, 1.54) is 5.56 Å². The highest BCUT2D eigenvalue weighted by Crippen LogP contribution is 2.22. The lowest BCUT2D eigenvalue weighted by Crippen LogP contribution is -2.33. The minimum absolute atomic E-state index is 0.0404.